The minimum Gasteiger partial charge on any atom is -0.461 e. The van der Waals surface area contributed by atoms with Gasteiger partial charge in [0.2, 0.25) is 0 Å². The number of hydrogen-bond acceptors (Lipinski definition) is 3. The Labute approximate surface area is 112 Å². The van der Waals surface area contributed by atoms with Crippen LogP contribution in [0.25, 0.3) is 21.9 Å². The number of furan rings is 2. The van der Waals surface area contributed by atoms with E-state index in [1.807, 2.05) is 20.8 Å². The summed E-state index contributed by atoms with van der Waals surface area (Å²) in [6.45, 7) is 8.04. The zero-order chi connectivity index (χ0) is 13.7. The zero-order valence-corrected chi connectivity index (χ0v) is 11.8. The predicted molar refractivity (Wildman–Crippen MR) is 77.6 cm³/mol. The van der Waals surface area contributed by atoms with Crippen molar-refractivity contribution in [3.05, 3.63) is 34.8 Å². The summed E-state index contributed by atoms with van der Waals surface area (Å²) < 4.78 is 11.8. The van der Waals surface area contributed by atoms with Crippen LogP contribution in [0.3, 0.4) is 0 Å². The zero-order valence-electron chi connectivity index (χ0n) is 11.8. The van der Waals surface area contributed by atoms with E-state index in [4.69, 9.17) is 14.6 Å². The molecule has 100 valence electrons. The number of rotatable bonds is 2. The monoisotopic (exact) mass is 257 g/mol. The van der Waals surface area contributed by atoms with E-state index >= 15 is 0 Å². The van der Waals surface area contributed by atoms with Gasteiger partial charge in [0.05, 0.1) is 0 Å². The molecule has 3 heteroatoms. The van der Waals surface area contributed by atoms with Gasteiger partial charge in [-0.15, -0.1) is 0 Å². The second kappa shape index (κ2) is 4.14. The molecule has 0 saturated carbocycles. The highest BCUT2D eigenvalue weighted by Gasteiger charge is 2.19. The Balaban J connectivity index is 2.47. The van der Waals surface area contributed by atoms with Crippen LogP contribution in [0.15, 0.2) is 21.0 Å². The molecular weight excluding hydrogens is 238 g/mol. The van der Waals surface area contributed by atoms with Gasteiger partial charge in [-0.05, 0) is 46.2 Å². The standard InChI is InChI=1S/C16H19NO2/c1-8(17)5-13-14-7-10(3)18-15(14)11(4)12-6-9(2)19-16(12)13/h6-8H,5,17H2,1-4H3. The van der Waals surface area contributed by atoms with Crippen LogP contribution in [0.5, 0.6) is 0 Å². The molecule has 3 rings (SSSR count). The van der Waals surface area contributed by atoms with Crippen molar-refractivity contribution in [3.8, 4) is 0 Å². The summed E-state index contributed by atoms with van der Waals surface area (Å²) in [6, 6.07) is 4.25. The van der Waals surface area contributed by atoms with E-state index in [-0.39, 0.29) is 6.04 Å². The summed E-state index contributed by atoms with van der Waals surface area (Å²) in [6.07, 6.45) is 0.791. The molecule has 2 N–H and O–H groups in total. The second-order valence-electron chi connectivity index (χ2n) is 5.48. The number of benzene rings is 1. The molecule has 2 aromatic heterocycles. The normalized spacial score (nSPS) is 13.5. The lowest BCUT2D eigenvalue weighted by molar-refractivity contribution is 0.569. The molecule has 3 nitrogen and oxygen atoms in total. The van der Waals surface area contributed by atoms with Gasteiger partial charge in [-0.1, -0.05) is 0 Å². The van der Waals surface area contributed by atoms with Crippen molar-refractivity contribution in [1.82, 2.24) is 0 Å². The highest BCUT2D eigenvalue weighted by atomic mass is 16.3. The summed E-state index contributed by atoms with van der Waals surface area (Å²) in [5, 5.41) is 2.27. The minimum atomic E-state index is 0.0923. The number of fused-ring (bicyclic) bond motifs is 2. The Bertz CT molecular complexity index is 704. The molecule has 0 amide bonds. The fourth-order valence-electron chi connectivity index (χ4n) is 2.80. The van der Waals surface area contributed by atoms with E-state index in [0.717, 1.165) is 51.0 Å². The molecular formula is C16H19NO2. The van der Waals surface area contributed by atoms with Gasteiger partial charge in [-0.25, -0.2) is 0 Å². The molecule has 1 aromatic carbocycles. The van der Waals surface area contributed by atoms with Crippen molar-refractivity contribution in [2.24, 2.45) is 5.73 Å². The first-order valence-electron chi connectivity index (χ1n) is 6.64. The summed E-state index contributed by atoms with van der Waals surface area (Å²) in [4.78, 5) is 0. The Morgan fingerprint density at radius 3 is 2.21 bits per heavy atom. The SMILES string of the molecule is Cc1cc2c(CC(C)N)c3oc(C)cc3c(C)c2o1. The molecule has 0 aliphatic carbocycles. The Morgan fingerprint density at radius 2 is 1.58 bits per heavy atom. The van der Waals surface area contributed by atoms with Crippen molar-refractivity contribution in [2.45, 2.75) is 40.2 Å². The van der Waals surface area contributed by atoms with E-state index in [0.29, 0.717) is 0 Å². The van der Waals surface area contributed by atoms with E-state index in [9.17, 15) is 0 Å². The van der Waals surface area contributed by atoms with Gasteiger partial charge in [0.25, 0.3) is 0 Å². The molecule has 19 heavy (non-hydrogen) atoms. The number of hydrogen-bond donors (Lipinski definition) is 1. The maximum absolute atomic E-state index is 5.99. The molecule has 0 radical (unpaired) electrons. The second-order valence-corrected chi connectivity index (χ2v) is 5.48. The first kappa shape index (κ1) is 12.3. The molecule has 0 fully saturated rings. The molecule has 0 spiro atoms. The molecule has 3 aromatic rings. The summed E-state index contributed by atoms with van der Waals surface area (Å²) >= 11 is 0. The summed E-state index contributed by atoms with van der Waals surface area (Å²) in [5.41, 5.74) is 10.2. The van der Waals surface area contributed by atoms with E-state index in [1.54, 1.807) is 0 Å². The maximum Gasteiger partial charge on any atom is 0.138 e. The molecule has 0 aliphatic rings. The van der Waals surface area contributed by atoms with Crippen molar-refractivity contribution in [1.29, 1.82) is 0 Å². The van der Waals surface area contributed by atoms with E-state index < -0.39 is 0 Å². The summed E-state index contributed by atoms with van der Waals surface area (Å²) in [5.74, 6) is 1.85. The van der Waals surface area contributed by atoms with Crippen molar-refractivity contribution < 1.29 is 8.83 Å². The number of aryl methyl sites for hydroxylation is 3. The largest absolute Gasteiger partial charge is 0.461 e. The van der Waals surface area contributed by atoms with Gasteiger partial charge in [0.1, 0.15) is 22.7 Å². The third-order valence-electron chi connectivity index (χ3n) is 3.58. The first-order chi connectivity index (χ1) is 8.97. The van der Waals surface area contributed by atoms with Crippen LogP contribution in [0.2, 0.25) is 0 Å². The van der Waals surface area contributed by atoms with Crippen LogP contribution in [-0.2, 0) is 6.42 Å². The van der Waals surface area contributed by atoms with Gasteiger partial charge in [0, 0.05) is 27.9 Å². The van der Waals surface area contributed by atoms with Crippen LogP contribution >= 0.6 is 0 Å². The molecule has 1 atom stereocenters. The topological polar surface area (TPSA) is 52.3 Å². The number of nitrogens with two attached hydrogens (primary N) is 1. The lowest BCUT2D eigenvalue weighted by Crippen LogP contribution is -2.18. The third kappa shape index (κ3) is 1.85. The Hall–Kier alpha value is -1.74. The molecule has 2 heterocycles. The quantitative estimate of drug-likeness (QED) is 0.755. The maximum atomic E-state index is 5.99. The average Bonchev–Trinajstić information content (AvgIpc) is 2.87. The highest BCUT2D eigenvalue weighted by Crippen LogP contribution is 2.36. The lowest BCUT2D eigenvalue weighted by atomic mass is 9.97. The van der Waals surface area contributed by atoms with Crippen molar-refractivity contribution >= 4 is 21.9 Å². The highest BCUT2D eigenvalue weighted by molar-refractivity contribution is 6.01. The fraction of sp³-hybridized carbons (Fsp3) is 0.375. The Morgan fingerprint density at radius 1 is 1.00 bits per heavy atom. The van der Waals surface area contributed by atoms with Crippen molar-refractivity contribution in [2.75, 3.05) is 0 Å². The molecule has 1 unspecified atom stereocenters. The van der Waals surface area contributed by atoms with E-state index in [2.05, 4.69) is 19.1 Å². The van der Waals surface area contributed by atoms with Gasteiger partial charge in [0.15, 0.2) is 0 Å². The molecule has 0 saturated heterocycles. The molecule has 0 aliphatic heterocycles. The van der Waals surface area contributed by atoms with Gasteiger partial charge >= 0.3 is 0 Å². The Kier molecular flexibility index (Phi) is 2.68. The predicted octanol–water partition coefficient (Wildman–Crippen LogP) is 3.99. The van der Waals surface area contributed by atoms with Crippen molar-refractivity contribution in [3.63, 3.8) is 0 Å². The fourth-order valence-corrected chi connectivity index (χ4v) is 2.80. The smallest absolute Gasteiger partial charge is 0.138 e. The lowest BCUT2D eigenvalue weighted by Gasteiger charge is -2.09. The average molecular weight is 257 g/mol. The van der Waals surface area contributed by atoms with Crippen LogP contribution in [-0.4, -0.2) is 6.04 Å². The summed E-state index contributed by atoms with van der Waals surface area (Å²) in [7, 11) is 0. The molecule has 0 bridgehead atoms. The van der Waals surface area contributed by atoms with Gasteiger partial charge in [-0.3, -0.25) is 0 Å². The van der Waals surface area contributed by atoms with Crippen LogP contribution in [0.1, 0.15) is 29.6 Å². The van der Waals surface area contributed by atoms with E-state index in [1.165, 1.54) is 0 Å². The first-order valence-corrected chi connectivity index (χ1v) is 6.64. The van der Waals surface area contributed by atoms with Crippen LogP contribution < -0.4 is 5.73 Å². The van der Waals surface area contributed by atoms with Crippen LogP contribution in [0, 0.1) is 20.8 Å². The van der Waals surface area contributed by atoms with Gasteiger partial charge in [-0.2, -0.15) is 0 Å². The van der Waals surface area contributed by atoms with Gasteiger partial charge < -0.3 is 14.6 Å². The van der Waals surface area contributed by atoms with Crippen LogP contribution in [0.4, 0.5) is 0 Å². The minimum absolute atomic E-state index is 0.0923. The third-order valence-corrected chi connectivity index (χ3v) is 3.58.